The summed E-state index contributed by atoms with van der Waals surface area (Å²) in [4.78, 5) is 0. The molecule has 0 aliphatic heterocycles. The number of rotatable bonds is 0. The molecule has 0 atom stereocenters. The summed E-state index contributed by atoms with van der Waals surface area (Å²) < 4.78 is 13.6. The summed E-state index contributed by atoms with van der Waals surface area (Å²) in [6.07, 6.45) is 3.19. The Morgan fingerprint density at radius 2 is 2.19 bits per heavy atom. The van der Waals surface area contributed by atoms with Crippen LogP contribution in [0.2, 0.25) is 0 Å². The maximum absolute atomic E-state index is 13.6. The van der Waals surface area contributed by atoms with Crippen molar-refractivity contribution in [3.05, 3.63) is 52.8 Å². The van der Waals surface area contributed by atoms with Gasteiger partial charge in [-0.2, -0.15) is 5.10 Å². The van der Waals surface area contributed by atoms with Crippen molar-refractivity contribution in [1.82, 2.24) is 10.2 Å². The number of hydrogen-bond acceptors (Lipinski definition) is 1. The van der Waals surface area contributed by atoms with Crippen molar-refractivity contribution in [2.45, 2.75) is 6.92 Å². The summed E-state index contributed by atoms with van der Waals surface area (Å²) >= 11 is 0. The standard InChI is InChI=1S/C12H9FN3/c1-8-2-5-11(14)12(13)10(8)4-3-9-6-15-16-7-9/h2,5-7,14H,1H3,(H,15,16)/q-1. The third-order valence-corrected chi connectivity index (χ3v) is 2.18. The van der Waals surface area contributed by atoms with E-state index < -0.39 is 5.82 Å². The molecule has 0 fully saturated rings. The van der Waals surface area contributed by atoms with Gasteiger partial charge in [0.2, 0.25) is 0 Å². The van der Waals surface area contributed by atoms with Crippen molar-refractivity contribution >= 4 is 5.69 Å². The fourth-order valence-corrected chi connectivity index (χ4v) is 1.28. The molecule has 0 radical (unpaired) electrons. The minimum Gasteiger partial charge on any atom is -0.696 e. The average Bonchev–Trinajstić information content (AvgIpc) is 2.77. The van der Waals surface area contributed by atoms with Crippen LogP contribution in [0.4, 0.5) is 10.1 Å². The Labute approximate surface area is 92.5 Å². The molecule has 2 rings (SSSR count). The molecule has 0 amide bonds. The molecule has 16 heavy (non-hydrogen) atoms. The molecule has 0 unspecified atom stereocenters. The second kappa shape index (κ2) is 4.07. The van der Waals surface area contributed by atoms with Crippen LogP contribution in [0, 0.1) is 24.6 Å². The fourth-order valence-electron chi connectivity index (χ4n) is 1.28. The molecule has 1 heterocycles. The van der Waals surface area contributed by atoms with Crippen LogP contribution >= 0.6 is 0 Å². The van der Waals surface area contributed by atoms with E-state index in [9.17, 15) is 4.39 Å². The predicted octanol–water partition coefficient (Wildman–Crippen LogP) is 2.94. The summed E-state index contributed by atoms with van der Waals surface area (Å²) in [7, 11) is 0. The summed E-state index contributed by atoms with van der Waals surface area (Å²) in [6, 6.07) is 3.11. The number of hydrogen-bond donors (Lipinski definition) is 1. The van der Waals surface area contributed by atoms with E-state index in [1.54, 1.807) is 25.4 Å². The molecule has 4 heteroatoms. The minimum atomic E-state index is -0.573. The van der Waals surface area contributed by atoms with E-state index in [-0.39, 0.29) is 11.3 Å². The molecule has 2 N–H and O–H groups in total. The Balaban J connectivity index is 2.45. The van der Waals surface area contributed by atoms with E-state index in [2.05, 4.69) is 22.0 Å². The molecule has 0 spiro atoms. The quantitative estimate of drug-likeness (QED) is 0.673. The number of nitrogens with zero attached hydrogens (tertiary/aromatic N) is 1. The second-order valence-corrected chi connectivity index (χ2v) is 3.36. The SMILES string of the molecule is Cc1ccc([NH-])c(F)c1C#Cc1cn[nH]c1. The summed E-state index contributed by atoms with van der Waals surface area (Å²) in [5, 5.41) is 6.36. The maximum atomic E-state index is 13.6. The molecule has 0 bridgehead atoms. The van der Waals surface area contributed by atoms with E-state index in [1.165, 1.54) is 6.07 Å². The zero-order valence-corrected chi connectivity index (χ0v) is 8.63. The third-order valence-electron chi connectivity index (χ3n) is 2.18. The highest BCUT2D eigenvalue weighted by Gasteiger charge is 2.02. The largest absolute Gasteiger partial charge is 0.696 e. The normalized spacial score (nSPS) is 9.62. The van der Waals surface area contributed by atoms with Crippen LogP contribution in [0.25, 0.3) is 5.73 Å². The van der Waals surface area contributed by atoms with Gasteiger partial charge < -0.3 is 5.73 Å². The molecule has 0 saturated heterocycles. The Hall–Kier alpha value is -2.28. The molecular weight excluding hydrogens is 205 g/mol. The second-order valence-electron chi connectivity index (χ2n) is 3.36. The van der Waals surface area contributed by atoms with Gasteiger partial charge in [-0.15, -0.1) is 5.69 Å². The first-order chi connectivity index (χ1) is 7.68. The number of benzene rings is 1. The molecule has 0 aliphatic rings. The van der Waals surface area contributed by atoms with Crippen LogP contribution in [0.3, 0.4) is 0 Å². The molecular formula is C12H9FN3-. The average molecular weight is 214 g/mol. The van der Waals surface area contributed by atoms with Gasteiger partial charge in [-0.25, -0.2) is 4.39 Å². The lowest BCUT2D eigenvalue weighted by Gasteiger charge is -2.08. The van der Waals surface area contributed by atoms with Crippen molar-refractivity contribution in [3.63, 3.8) is 0 Å². The highest BCUT2D eigenvalue weighted by atomic mass is 19.1. The zero-order chi connectivity index (χ0) is 11.5. The van der Waals surface area contributed by atoms with Gasteiger partial charge >= 0.3 is 0 Å². The van der Waals surface area contributed by atoms with Gasteiger partial charge in [-0.1, -0.05) is 24.0 Å². The van der Waals surface area contributed by atoms with E-state index in [0.717, 1.165) is 5.56 Å². The van der Waals surface area contributed by atoms with Gasteiger partial charge in [0.05, 0.1) is 17.3 Å². The molecule has 1 aromatic heterocycles. The predicted molar refractivity (Wildman–Crippen MR) is 59.7 cm³/mol. The van der Waals surface area contributed by atoms with Crippen LogP contribution in [0.15, 0.2) is 24.5 Å². The molecule has 0 saturated carbocycles. The van der Waals surface area contributed by atoms with Crippen LogP contribution in [0.5, 0.6) is 0 Å². The lowest BCUT2D eigenvalue weighted by Crippen LogP contribution is -1.88. The maximum Gasteiger partial charge on any atom is 0.124 e. The smallest absolute Gasteiger partial charge is 0.124 e. The summed E-state index contributed by atoms with van der Waals surface area (Å²) in [5.74, 6) is 4.93. The lowest BCUT2D eigenvalue weighted by molar-refractivity contribution is 0.629. The van der Waals surface area contributed by atoms with Gasteiger partial charge in [0, 0.05) is 6.20 Å². The highest BCUT2D eigenvalue weighted by Crippen LogP contribution is 2.22. The number of aryl methyl sites for hydroxylation is 1. The number of aromatic nitrogens is 2. The summed E-state index contributed by atoms with van der Waals surface area (Å²) in [5.41, 5.74) is 8.90. The number of halogens is 1. The first-order valence-electron chi connectivity index (χ1n) is 4.70. The van der Waals surface area contributed by atoms with E-state index in [4.69, 9.17) is 5.73 Å². The molecule has 0 aliphatic carbocycles. The lowest BCUT2D eigenvalue weighted by atomic mass is 10.1. The Bertz CT molecular complexity index is 562. The Morgan fingerprint density at radius 3 is 2.88 bits per heavy atom. The fraction of sp³-hybridized carbons (Fsp3) is 0.0833. The van der Waals surface area contributed by atoms with Gasteiger partial charge in [-0.3, -0.25) is 5.10 Å². The van der Waals surface area contributed by atoms with Crippen molar-refractivity contribution in [2.24, 2.45) is 0 Å². The first-order valence-corrected chi connectivity index (χ1v) is 4.70. The van der Waals surface area contributed by atoms with Gasteiger partial charge in [-0.05, 0) is 12.5 Å². The van der Waals surface area contributed by atoms with Crippen molar-refractivity contribution in [1.29, 1.82) is 0 Å². The van der Waals surface area contributed by atoms with E-state index in [0.29, 0.717) is 5.56 Å². The van der Waals surface area contributed by atoms with Crippen molar-refractivity contribution in [3.8, 4) is 11.8 Å². The zero-order valence-electron chi connectivity index (χ0n) is 8.63. The number of H-pyrrole nitrogens is 1. The van der Waals surface area contributed by atoms with Gasteiger partial charge in [0.1, 0.15) is 5.82 Å². The van der Waals surface area contributed by atoms with Crippen LogP contribution in [0.1, 0.15) is 16.7 Å². The van der Waals surface area contributed by atoms with Crippen LogP contribution in [-0.4, -0.2) is 10.2 Å². The van der Waals surface area contributed by atoms with Gasteiger partial charge in [0.15, 0.2) is 0 Å². The van der Waals surface area contributed by atoms with E-state index in [1.807, 2.05) is 0 Å². The Kier molecular flexibility index (Phi) is 2.61. The Morgan fingerprint density at radius 1 is 1.38 bits per heavy atom. The first kappa shape index (κ1) is 10.2. The molecule has 1 aromatic carbocycles. The summed E-state index contributed by atoms with van der Waals surface area (Å²) in [6.45, 7) is 1.77. The topological polar surface area (TPSA) is 52.5 Å². The van der Waals surface area contributed by atoms with Gasteiger partial charge in [0.25, 0.3) is 0 Å². The van der Waals surface area contributed by atoms with Crippen LogP contribution < -0.4 is 0 Å². The van der Waals surface area contributed by atoms with E-state index >= 15 is 0 Å². The van der Waals surface area contributed by atoms with Crippen LogP contribution in [-0.2, 0) is 0 Å². The number of aromatic amines is 1. The number of nitrogens with one attached hydrogen (secondary N) is 2. The monoisotopic (exact) mass is 214 g/mol. The molecule has 80 valence electrons. The van der Waals surface area contributed by atoms with Crippen molar-refractivity contribution in [2.75, 3.05) is 0 Å². The molecule has 3 nitrogen and oxygen atoms in total. The highest BCUT2D eigenvalue weighted by molar-refractivity contribution is 5.56. The van der Waals surface area contributed by atoms with Crippen molar-refractivity contribution < 1.29 is 4.39 Å². The molecule has 2 aromatic rings. The minimum absolute atomic E-state index is 0.137. The third kappa shape index (κ3) is 1.89.